The van der Waals surface area contributed by atoms with Crippen LogP contribution in [0.1, 0.15) is 30.4 Å². The molecule has 21 heavy (non-hydrogen) atoms. The van der Waals surface area contributed by atoms with Gasteiger partial charge in [-0.15, -0.1) is 0 Å². The van der Waals surface area contributed by atoms with Gasteiger partial charge in [0.15, 0.2) is 0 Å². The SMILES string of the molecule is Cc1cc(F)cc(C)c1S(=O)(=O)NC1CCCC1C(=O)O. The van der Waals surface area contributed by atoms with Crippen molar-refractivity contribution in [2.24, 2.45) is 5.92 Å². The Morgan fingerprint density at radius 2 is 1.86 bits per heavy atom. The number of aryl methyl sites for hydroxylation is 2. The number of sulfonamides is 1. The van der Waals surface area contributed by atoms with Crippen LogP contribution in [0.2, 0.25) is 0 Å². The third kappa shape index (κ3) is 3.24. The van der Waals surface area contributed by atoms with Crippen molar-refractivity contribution in [2.75, 3.05) is 0 Å². The van der Waals surface area contributed by atoms with E-state index < -0.39 is 33.8 Å². The second-order valence-corrected chi connectivity index (χ2v) is 7.12. The minimum Gasteiger partial charge on any atom is -0.481 e. The van der Waals surface area contributed by atoms with E-state index in [1.807, 2.05) is 0 Å². The molecule has 2 unspecified atom stereocenters. The van der Waals surface area contributed by atoms with E-state index in [0.717, 1.165) is 12.1 Å². The molecule has 2 N–H and O–H groups in total. The van der Waals surface area contributed by atoms with Crippen molar-refractivity contribution >= 4 is 16.0 Å². The Kier molecular flexibility index (Phi) is 4.34. The normalized spacial score (nSPS) is 22.4. The monoisotopic (exact) mass is 315 g/mol. The van der Waals surface area contributed by atoms with Gasteiger partial charge in [0, 0.05) is 6.04 Å². The molecule has 0 amide bonds. The summed E-state index contributed by atoms with van der Waals surface area (Å²) in [5.74, 6) is -2.19. The third-order valence-corrected chi connectivity index (χ3v) is 5.63. The number of rotatable bonds is 4. The van der Waals surface area contributed by atoms with Crippen LogP contribution in [-0.4, -0.2) is 25.5 Å². The summed E-state index contributed by atoms with van der Waals surface area (Å²) in [6, 6.07) is 1.70. The standard InChI is InChI=1S/C14H18FNO4S/c1-8-6-10(15)7-9(2)13(8)21(19,20)16-12-5-3-4-11(12)14(17)18/h6-7,11-12,16H,3-5H2,1-2H3,(H,17,18). The highest BCUT2D eigenvalue weighted by Gasteiger charge is 2.36. The topological polar surface area (TPSA) is 83.5 Å². The van der Waals surface area contributed by atoms with E-state index in [1.165, 1.54) is 13.8 Å². The number of aliphatic carboxylic acids is 1. The van der Waals surface area contributed by atoms with Crippen molar-refractivity contribution in [1.29, 1.82) is 0 Å². The molecule has 2 rings (SSSR count). The fourth-order valence-corrected chi connectivity index (χ4v) is 4.74. The summed E-state index contributed by atoms with van der Waals surface area (Å²) in [4.78, 5) is 11.2. The van der Waals surface area contributed by atoms with E-state index in [2.05, 4.69) is 4.72 Å². The molecular weight excluding hydrogens is 297 g/mol. The lowest BCUT2D eigenvalue weighted by atomic mass is 10.1. The first-order valence-electron chi connectivity index (χ1n) is 6.74. The van der Waals surface area contributed by atoms with Gasteiger partial charge >= 0.3 is 5.97 Å². The molecule has 1 aromatic rings. The summed E-state index contributed by atoms with van der Waals surface area (Å²) in [5, 5.41) is 9.11. The summed E-state index contributed by atoms with van der Waals surface area (Å²) in [7, 11) is -3.87. The molecule has 0 bridgehead atoms. The van der Waals surface area contributed by atoms with Gasteiger partial charge in [-0.1, -0.05) is 6.42 Å². The molecule has 116 valence electrons. The molecule has 0 aliphatic heterocycles. The molecule has 5 nitrogen and oxygen atoms in total. The number of halogens is 1. The summed E-state index contributed by atoms with van der Waals surface area (Å²) < 4.78 is 40.7. The van der Waals surface area contributed by atoms with Crippen LogP contribution >= 0.6 is 0 Å². The van der Waals surface area contributed by atoms with E-state index >= 15 is 0 Å². The molecule has 2 atom stereocenters. The molecule has 1 aromatic carbocycles. The number of benzene rings is 1. The lowest BCUT2D eigenvalue weighted by molar-refractivity contribution is -0.141. The number of carbonyl (C=O) groups is 1. The van der Waals surface area contributed by atoms with Crippen LogP contribution in [0.4, 0.5) is 4.39 Å². The van der Waals surface area contributed by atoms with Crippen LogP contribution in [-0.2, 0) is 14.8 Å². The molecule has 0 heterocycles. The summed E-state index contributed by atoms with van der Waals surface area (Å²) in [6.07, 6.45) is 1.63. The van der Waals surface area contributed by atoms with Crippen LogP contribution in [0, 0.1) is 25.6 Å². The first-order valence-corrected chi connectivity index (χ1v) is 8.22. The fourth-order valence-electron chi connectivity index (χ4n) is 2.98. The molecular formula is C14H18FNO4S. The Morgan fingerprint density at radius 3 is 2.38 bits per heavy atom. The molecule has 7 heteroatoms. The summed E-state index contributed by atoms with van der Waals surface area (Å²) in [5.41, 5.74) is 0.620. The summed E-state index contributed by atoms with van der Waals surface area (Å²) in [6.45, 7) is 3.04. The average Bonchev–Trinajstić information content (AvgIpc) is 2.73. The van der Waals surface area contributed by atoms with Crippen LogP contribution in [0.3, 0.4) is 0 Å². The third-order valence-electron chi connectivity index (χ3n) is 3.83. The van der Waals surface area contributed by atoms with E-state index in [9.17, 15) is 17.6 Å². The van der Waals surface area contributed by atoms with Gasteiger partial charge in [0.2, 0.25) is 10.0 Å². The molecule has 0 spiro atoms. The van der Waals surface area contributed by atoms with Crippen LogP contribution in [0.15, 0.2) is 17.0 Å². The lowest BCUT2D eigenvalue weighted by Crippen LogP contribution is -2.40. The highest BCUT2D eigenvalue weighted by Crippen LogP contribution is 2.29. The van der Waals surface area contributed by atoms with E-state index in [4.69, 9.17) is 5.11 Å². The van der Waals surface area contributed by atoms with Gasteiger partial charge in [0.1, 0.15) is 5.82 Å². The minimum atomic E-state index is -3.87. The van der Waals surface area contributed by atoms with Gasteiger partial charge in [0.05, 0.1) is 10.8 Å². The molecule has 1 fully saturated rings. The number of carboxylic acid groups (broad SMARTS) is 1. The van der Waals surface area contributed by atoms with Gasteiger partial charge in [0.25, 0.3) is 0 Å². The van der Waals surface area contributed by atoms with E-state index in [-0.39, 0.29) is 4.90 Å². The zero-order valence-corrected chi connectivity index (χ0v) is 12.7. The highest BCUT2D eigenvalue weighted by atomic mass is 32.2. The predicted molar refractivity (Wildman–Crippen MR) is 75.0 cm³/mol. The van der Waals surface area contributed by atoms with E-state index in [1.54, 1.807) is 0 Å². The Bertz CT molecular complexity index is 649. The lowest BCUT2D eigenvalue weighted by Gasteiger charge is -2.19. The molecule has 1 saturated carbocycles. The zero-order valence-electron chi connectivity index (χ0n) is 11.9. The van der Waals surface area contributed by atoms with Crippen molar-refractivity contribution in [3.8, 4) is 0 Å². The average molecular weight is 315 g/mol. The number of nitrogens with one attached hydrogen (secondary N) is 1. The van der Waals surface area contributed by atoms with Gasteiger partial charge in [-0.2, -0.15) is 0 Å². The quantitative estimate of drug-likeness (QED) is 0.890. The number of carboxylic acids is 1. The van der Waals surface area contributed by atoms with Gasteiger partial charge in [-0.05, 0) is 49.9 Å². The smallest absolute Gasteiger partial charge is 0.308 e. The van der Waals surface area contributed by atoms with Crippen LogP contribution in [0.25, 0.3) is 0 Å². The molecule has 0 radical (unpaired) electrons. The van der Waals surface area contributed by atoms with Crippen molar-refractivity contribution in [3.63, 3.8) is 0 Å². The Labute approximate surface area is 123 Å². The molecule has 1 aliphatic rings. The van der Waals surface area contributed by atoms with Gasteiger partial charge < -0.3 is 5.11 Å². The maximum Gasteiger partial charge on any atom is 0.308 e. The molecule has 0 aromatic heterocycles. The zero-order chi connectivity index (χ0) is 15.8. The van der Waals surface area contributed by atoms with Crippen molar-refractivity contribution in [2.45, 2.75) is 44.0 Å². The van der Waals surface area contributed by atoms with Gasteiger partial charge in [-0.3, -0.25) is 4.79 Å². The maximum atomic E-state index is 13.3. The number of hydrogen-bond donors (Lipinski definition) is 2. The van der Waals surface area contributed by atoms with Gasteiger partial charge in [-0.25, -0.2) is 17.5 Å². The Balaban J connectivity index is 2.33. The van der Waals surface area contributed by atoms with Crippen LogP contribution in [0.5, 0.6) is 0 Å². The van der Waals surface area contributed by atoms with E-state index in [0.29, 0.717) is 30.4 Å². The predicted octanol–water partition coefficient (Wildman–Crippen LogP) is 1.97. The Morgan fingerprint density at radius 1 is 1.29 bits per heavy atom. The first kappa shape index (κ1) is 15.9. The van der Waals surface area contributed by atoms with Crippen molar-refractivity contribution < 1.29 is 22.7 Å². The van der Waals surface area contributed by atoms with Crippen molar-refractivity contribution in [1.82, 2.24) is 4.72 Å². The largest absolute Gasteiger partial charge is 0.481 e. The minimum absolute atomic E-state index is 0.0277. The van der Waals surface area contributed by atoms with Crippen LogP contribution < -0.4 is 4.72 Å². The molecule has 1 aliphatic carbocycles. The highest BCUT2D eigenvalue weighted by molar-refractivity contribution is 7.89. The fraction of sp³-hybridized carbons (Fsp3) is 0.500. The second-order valence-electron chi connectivity index (χ2n) is 5.47. The Hall–Kier alpha value is -1.47. The maximum absolute atomic E-state index is 13.3. The number of hydrogen-bond acceptors (Lipinski definition) is 3. The molecule has 0 saturated heterocycles. The summed E-state index contributed by atoms with van der Waals surface area (Å²) >= 11 is 0. The second kappa shape index (κ2) is 5.73. The first-order chi connectivity index (χ1) is 9.72. The van der Waals surface area contributed by atoms with Crippen molar-refractivity contribution in [3.05, 3.63) is 29.1 Å².